The molecule has 0 amide bonds. The predicted molar refractivity (Wildman–Crippen MR) is 91.9 cm³/mol. The van der Waals surface area contributed by atoms with E-state index < -0.39 is 5.97 Å². The smallest absolute Gasteiger partial charge is 0.340 e. The number of carbonyl (C=O) groups is 1. The molecule has 3 aromatic rings. The predicted octanol–water partition coefficient (Wildman–Crippen LogP) is 2.98. The van der Waals surface area contributed by atoms with Crippen molar-refractivity contribution in [2.24, 2.45) is 0 Å². The summed E-state index contributed by atoms with van der Waals surface area (Å²) in [6.45, 7) is 1.88. The second-order valence-electron chi connectivity index (χ2n) is 5.27. The lowest BCUT2D eigenvalue weighted by Gasteiger charge is -2.08. The van der Waals surface area contributed by atoms with Crippen LogP contribution in [0.5, 0.6) is 0 Å². The van der Waals surface area contributed by atoms with Gasteiger partial charge in [0.25, 0.3) is 0 Å². The Bertz CT molecular complexity index is 972. The van der Waals surface area contributed by atoms with Crippen molar-refractivity contribution in [3.8, 4) is 11.8 Å². The van der Waals surface area contributed by atoms with Gasteiger partial charge in [-0.25, -0.2) is 9.48 Å². The molecule has 0 radical (unpaired) electrons. The molecule has 1 N–H and O–H groups in total. The van der Waals surface area contributed by atoms with Gasteiger partial charge in [-0.3, -0.25) is 4.98 Å². The fourth-order valence-corrected chi connectivity index (χ4v) is 2.38. The lowest BCUT2D eigenvalue weighted by molar-refractivity contribution is 0.0602. The maximum Gasteiger partial charge on any atom is 0.340 e. The van der Waals surface area contributed by atoms with Crippen molar-refractivity contribution < 1.29 is 9.53 Å². The maximum absolute atomic E-state index is 11.9. The van der Waals surface area contributed by atoms with E-state index in [1.165, 1.54) is 19.5 Å². The lowest BCUT2D eigenvalue weighted by atomic mass is 10.2. The van der Waals surface area contributed by atoms with Crippen molar-refractivity contribution >= 4 is 17.5 Å². The first kappa shape index (κ1) is 16.2. The first-order chi connectivity index (χ1) is 12.1. The number of carbonyl (C=O) groups excluding carboxylic acids is 1. The summed E-state index contributed by atoms with van der Waals surface area (Å²) in [7, 11) is 1.32. The highest BCUT2D eigenvalue weighted by atomic mass is 16.5. The van der Waals surface area contributed by atoms with Crippen LogP contribution in [0.15, 0.2) is 48.9 Å². The number of nitrogens with one attached hydrogen (secondary N) is 1. The molecule has 0 spiro atoms. The van der Waals surface area contributed by atoms with Crippen molar-refractivity contribution in [1.82, 2.24) is 14.8 Å². The molecule has 124 valence electrons. The van der Waals surface area contributed by atoms with Gasteiger partial charge < -0.3 is 10.1 Å². The molecular weight excluding hydrogens is 318 g/mol. The van der Waals surface area contributed by atoms with Gasteiger partial charge in [-0.2, -0.15) is 5.26 Å². The molecule has 7 nitrogen and oxygen atoms in total. The zero-order valence-electron chi connectivity index (χ0n) is 13.7. The van der Waals surface area contributed by atoms with Crippen LogP contribution >= 0.6 is 0 Å². The third-order valence-electron chi connectivity index (χ3n) is 3.65. The van der Waals surface area contributed by atoms with Crippen LogP contribution in [-0.4, -0.2) is 27.8 Å². The van der Waals surface area contributed by atoms with Crippen molar-refractivity contribution in [1.29, 1.82) is 5.26 Å². The van der Waals surface area contributed by atoms with Crippen LogP contribution in [0.2, 0.25) is 0 Å². The molecule has 2 aromatic heterocycles. The molecule has 3 rings (SSSR count). The number of methoxy groups -OCH3 is 1. The van der Waals surface area contributed by atoms with Crippen LogP contribution in [0.4, 0.5) is 11.5 Å². The third-order valence-corrected chi connectivity index (χ3v) is 3.65. The highest BCUT2D eigenvalue weighted by Crippen LogP contribution is 2.24. The number of pyridine rings is 1. The van der Waals surface area contributed by atoms with E-state index in [9.17, 15) is 10.1 Å². The quantitative estimate of drug-likeness (QED) is 0.738. The Balaban J connectivity index is 1.98. The standard InChI is InChI=1S/C18H15N5O2/c1-12-11-23(16-6-4-3-5-13(16)9-19)22-17(12)21-15-10-20-8-7-14(15)18(24)25-2/h3-8,10-11H,1-2H3,(H,21,22). The molecular formula is C18H15N5O2. The number of para-hydroxylation sites is 1. The highest BCUT2D eigenvalue weighted by Gasteiger charge is 2.15. The molecule has 0 aliphatic heterocycles. The van der Waals surface area contributed by atoms with Crippen molar-refractivity contribution in [2.45, 2.75) is 6.92 Å². The van der Waals surface area contributed by atoms with Crippen LogP contribution in [0.25, 0.3) is 5.69 Å². The maximum atomic E-state index is 11.9. The summed E-state index contributed by atoms with van der Waals surface area (Å²) >= 11 is 0. The first-order valence-corrected chi connectivity index (χ1v) is 7.49. The summed E-state index contributed by atoms with van der Waals surface area (Å²) in [5.41, 5.74) is 2.92. The summed E-state index contributed by atoms with van der Waals surface area (Å²) in [4.78, 5) is 15.9. The molecule has 0 fully saturated rings. The van der Waals surface area contributed by atoms with E-state index in [1.807, 2.05) is 25.3 Å². The number of nitriles is 1. The Labute approximate surface area is 144 Å². The fourth-order valence-electron chi connectivity index (χ4n) is 2.38. The van der Waals surface area contributed by atoms with Crippen LogP contribution in [0, 0.1) is 18.3 Å². The second-order valence-corrected chi connectivity index (χ2v) is 5.27. The van der Waals surface area contributed by atoms with Gasteiger partial charge in [0.05, 0.1) is 35.8 Å². The molecule has 0 aliphatic rings. The van der Waals surface area contributed by atoms with Gasteiger partial charge in [-0.1, -0.05) is 12.1 Å². The zero-order chi connectivity index (χ0) is 17.8. The number of esters is 1. The molecule has 0 bridgehead atoms. The fraction of sp³-hybridized carbons (Fsp3) is 0.111. The third kappa shape index (κ3) is 3.19. The van der Waals surface area contributed by atoms with E-state index in [4.69, 9.17) is 4.74 Å². The Morgan fingerprint density at radius 3 is 2.88 bits per heavy atom. The minimum absolute atomic E-state index is 0.365. The molecule has 1 aromatic carbocycles. The summed E-state index contributed by atoms with van der Waals surface area (Å²) in [5, 5.41) is 16.8. The topological polar surface area (TPSA) is 92.8 Å². The van der Waals surface area contributed by atoms with Gasteiger partial charge in [0.2, 0.25) is 0 Å². The average molecular weight is 333 g/mol. The van der Waals surface area contributed by atoms with Crippen molar-refractivity contribution in [2.75, 3.05) is 12.4 Å². The second kappa shape index (κ2) is 6.84. The van der Waals surface area contributed by atoms with Gasteiger partial charge in [0.1, 0.15) is 6.07 Å². The Hall–Kier alpha value is -3.66. The van der Waals surface area contributed by atoms with Gasteiger partial charge in [-0.15, -0.1) is 5.10 Å². The molecule has 2 heterocycles. The van der Waals surface area contributed by atoms with Gasteiger partial charge in [0.15, 0.2) is 5.82 Å². The summed E-state index contributed by atoms with van der Waals surface area (Å²) in [6, 6.07) is 10.9. The summed E-state index contributed by atoms with van der Waals surface area (Å²) < 4.78 is 6.41. The van der Waals surface area contributed by atoms with E-state index in [0.717, 1.165) is 5.56 Å². The SMILES string of the molecule is COC(=O)c1ccncc1Nc1nn(-c2ccccc2C#N)cc1C. The number of aryl methyl sites for hydroxylation is 1. The van der Waals surface area contributed by atoms with E-state index in [2.05, 4.69) is 21.5 Å². The number of benzene rings is 1. The van der Waals surface area contributed by atoms with E-state index in [-0.39, 0.29) is 0 Å². The molecule has 0 aliphatic carbocycles. The van der Waals surface area contributed by atoms with Crippen molar-refractivity contribution in [3.63, 3.8) is 0 Å². The number of aromatic nitrogens is 3. The van der Waals surface area contributed by atoms with Gasteiger partial charge in [-0.05, 0) is 25.1 Å². The molecule has 0 saturated carbocycles. The first-order valence-electron chi connectivity index (χ1n) is 7.49. The zero-order valence-corrected chi connectivity index (χ0v) is 13.7. The number of nitrogens with zero attached hydrogens (tertiary/aromatic N) is 4. The van der Waals surface area contributed by atoms with Crippen LogP contribution in [-0.2, 0) is 4.74 Å². The van der Waals surface area contributed by atoms with Crippen LogP contribution in [0.3, 0.4) is 0 Å². The molecule has 0 atom stereocenters. The van der Waals surface area contributed by atoms with Crippen molar-refractivity contribution in [3.05, 3.63) is 65.6 Å². The molecule has 7 heteroatoms. The molecule has 0 saturated heterocycles. The van der Waals surface area contributed by atoms with Crippen LogP contribution < -0.4 is 5.32 Å². The average Bonchev–Trinajstić information content (AvgIpc) is 3.02. The van der Waals surface area contributed by atoms with E-state index in [1.54, 1.807) is 22.9 Å². The molecule has 25 heavy (non-hydrogen) atoms. The van der Waals surface area contributed by atoms with Gasteiger partial charge in [0, 0.05) is 18.0 Å². The Morgan fingerprint density at radius 2 is 2.12 bits per heavy atom. The number of anilines is 2. The number of hydrogen-bond donors (Lipinski definition) is 1. The minimum Gasteiger partial charge on any atom is -0.465 e. The van der Waals surface area contributed by atoms with Gasteiger partial charge >= 0.3 is 5.97 Å². The normalized spacial score (nSPS) is 10.1. The lowest BCUT2D eigenvalue weighted by Crippen LogP contribution is -2.07. The Kier molecular flexibility index (Phi) is 4.44. The van der Waals surface area contributed by atoms with E-state index >= 15 is 0 Å². The highest BCUT2D eigenvalue weighted by molar-refractivity contribution is 5.96. The number of rotatable bonds is 4. The summed E-state index contributed by atoms with van der Waals surface area (Å²) in [5.74, 6) is 0.0997. The number of ether oxygens (including phenoxy) is 1. The molecule has 0 unspecified atom stereocenters. The summed E-state index contributed by atoms with van der Waals surface area (Å²) in [6.07, 6.45) is 4.87. The van der Waals surface area contributed by atoms with E-state index in [0.29, 0.717) is 28.3 Å². The minimum atomic E-state index is -0.461. The Morgan fingerprint density at radius 1 is 1.32 bits per heavy atom. The number of hydrogen-bond acceptors (Lipinski definition) is 6. The largest absolute Gasteiger partial charge is 0.465 e. The monoisotopic (exact) mass is 333 g/mol. The van der Waals surface area contributed by atoms with Crippen LogP contribution in [0.1, 0.15) is 21.5 Å².